The number of halogens is 1. The molecule has 0 saturated carbocycles. The highest BCUT2D eigenvalue weighted by Crippen LogP contribution is 2.18. The van der Waals surface area contributed by atoms with E-state index >= 15 is 0 Å². The van der Waals surface area contributed by atoms with Crippen LogP contribution in [-0.2, 0) is 0 Å². The Hall–Kier alpha value is -2.41. The van der Waals surface area contributed by atoms with Gasteiger partial charge in [0.25, 0.3) is 0 Å². The summed E-state index contributed by atoms with van der Waals surface area (Å²) in [5.41, 5.74) is 0.0436. The largest absolute Gasteiger partial charge is 0.477 e. The predicted octanol–water partition coefficient (Wildman–Crippen LogP) is 1.43. The van der Waals surface area contributed by atoms with Crippen LogP contribution in [0.2, 0.25) is 5.02 Å². The molecule has 0 radical (unpaired) electrons. The molecule has 0 aliphatic heterocycles. The van der Waals surface area contributed by atoms with E-state index in [1.807, 2.05) is 0 Å². The molecule has 0 saturated heterocycles. The van der Waals surface area contributed by atoms with E-state index in [-0.39, 0.29) is 22.2 Å². The van der Waals surface area contributed by atoms with E-state index in [9.17, 15) is 4.79 Å². The monoisotopic (exact) mass is 266 g/mol. The molecule has 8 heteroatoms. The van der Waals surface area contributed by atoms with Gasteiger partial charge in [0.15, 0.2) is 11.5 Å². The number of carbonyl (C=O) groups is 1. The van der Waals surface area contributed by atoms with Crippen LogP contribution in [-0.4, -0.2) is 37.3 Å². The molecular formula is C10H7ClN4O3. The summed E-state index contributed by atoms with van der Waals surface area (Å²) in [4.78, 5) is 15.0. The minimum Gasteiger partial charge on any atom is -0.477 e. The van der Waals surface area contributed by atoms with Crippen molar-refractivity contribution >= 4 is 23.8 Å². The number of aromatic nitrogens is 3. The molecule has 0 spiro atoms. The number of hydrogen-bond donors (Lipinski definition) is 2. The molecule has 0 fully saturated rings. The van der Waals surface area contributed by atoms with Gasteiger partial charge in [0, 0.05) is 12.3 Å². The fraction of sp³-hybridized carbons (Fsp3) is 0. The molecule has 2 heterocycles. The topological polar surface area (TPSA) is 101 Å². The molecular weight excluding hydrogens is 260 g/mol. The highest BCUT2D eigenvalue weighted by molar-refractivity contribution is 6.32. The number of carboxylic acid groups (broad SMARTS) is 1. The first-order valence-corrected chi connectivity index (χ1v) is 5.13. The second kappa shape index (κ2) is 4.84. The van der Waals surface area contributed by atoms with Crippen LogP contribution in [0.3, 0.4) is 0 Å². The zero-order valence-electron chi connectivity index (χ0n) is 8.86. The van der Waals surface area contributed by atoms with Crippen LogP contribution in [0.5, 0.6) is 0 Å². The van der Waals surface area contributed by atoms with Gasteiger partial charge in [-0.25, -0.2) is 14.5 Å². The van der Waals surface area contributed by atoms with Crippen LogP contribution >= 0.6 is 11.6 Å². The Kier molecular flexibility index (Phi) is 3.24. The van der Waals surface area contributed by atoms with Gasteiger partial charge in [-0.3, -0.25) is 0 Å². The zero-order chi connectivity index (χ0) is 13.1. The average Bonchev–Trinajstić information content (AvgIpc) is 2.74. The Morgan fingerprint density at radius 2 is 2.33 bits per heavy atom. The summed E-state index contributed by atoms with van der Waals surface area (Å²) < 4.78 is 1.07. The van der Waals surface area contributed by atoms with Crippen LogP contribution in [0.4, 0.5) is 0 Å². The van der Waals surface area contributed by atoms with Crippen LogP contribution < -0.4 is 0 Å². The molecule has 0 atom stereocenters. The maximum Gasteiger partial charge on any atom is 0.354 e. The molecule has 0 amide bonds. The molecule has 2 N–H and O–H groups in total. The van der Waals surface area contributed by atoms with Gasteiger partial charge in [-0.05, 0) is 12.1 Å². The molecule has 7 nitrogen and oxygen atoms in total. The molecule has 0 aliphatic rings. The molecule has 0 aromatic carbocycles. The average molecular weight is 267 g/mol. The van der Waals surface area contributed by atoms with Gasteiger partial charge >= 0.3 is 5.97 Å². The fourth-order valence-corrected chi connectivity index (χ4v) is 1.57. The van der Waals surface area contributed by atoms with E-state index < -0.39 is 5.97 Å². The van der Waals surface area contributed by atoms with Crippen LogP contribution in [0.25, 0.3) is 5.82 Å². The SMILES string of the molecule is O=C(O)c1cc(/C=N\O)nn1-c1ncccc1Cl. The van der Waals surface area contributed by atoms with Gasteiger partial charge in [0.2, 0.25) is 0 Å². The van der Waals surface area contributed by atoms with E-state index in [0.29, 0.717) is 0 Å². The Balaban J connectivity index is 2.63. The zero-order valence-corrected chi connectivity index (χ0v) is 9.61. The van der Waals surface area contributed by atoms with E-state index in [2.05, 4.69) is 15.2 Å². The first-order valence-electron chi connectivity index (χ1n) is 4.75. The summed E-state index contributed by atoms with van der Waals surface area (Å²) in [5.74, 6) is -1.00. The third-order valence-electron chi connectivity index (χ3n) is 2.08. The first-order chi connectivity index (χ1) is 8.63. The highest BCUT2D eigenvalue weighted by atomic mass is 35.5. The first kappa shape index (κ1) is 12.1. The quantitative estimate of drug-likeness (QED) is 0.497. The smallest absolute Gasteiger partial charge is 0.354 e. The lowest BCUT2D eigenvalue weighted by Gasteiger charge is -2.04. The summed E-state index contributed by atoms with van der Waals surface area (Å²) in [6.45, 7) is 0. The van der Waals surface area contributed by atoms with Crippen LogP contribution in [0.15, 0.2) is 29.6 Å². The van der Waals surface area contributed by atoms with Crippen LogP contribution in [0, 0.1) is 0 Å². The van der Waals surface area contributed by atoms with Crippen molar-refractivity contribution in [2.24, 2.45) is 5.16 Å². The predicted molar refractivity (Wildman–Crippen MR) is 62.7 cm³/mol. The van der Waals surface area contributed by atoms with E-state index in [1.54, 1.807) is 12.1 Å². The number of nitrogens with zero attached hydrogens (tertiary/aromatic N) is 4. The van der Waals surface area contributed by atoms with Crippen molar-refractivity contribution in [1.29, 1.82) is 0 Å². The van der Waals surface area contributed by atoms with Gasteiger partial charge in [-0.2, -0.15) is 5.10 Å². The van der Waals surface area contributed by atoms with Crippen molar-refractivity contribution in [3.05, 3.63) is 40.8 Å². The standard InChI is InChI=1S/C10H7ClN4O3/c11-7-2-1-3-12-9(7)15-8(10(16)17)4-6(14-15)5-13-18/h1-5,18H,(H,16,17)/b13-5-. The summed E-state index contributed by atoms with van der Waals surface area (Å²) in [6.07, 6.45) is 2.48. The van der Waals surface area contributed by atoms with Crippen molar-refractivity contribution in [3.8, 4) is 5.82 Å². The number of pyridine rings is 1. The summed E-state index contributed by atoms with van der Waals surface area (Å²) in [5, 5.41) is 24.5. The second-order valence-corrected chi connectivity index (χ2v) is 3.63. The van der Waals surface area contributed by atoms with Crippen molar-refractivity contribution in [2.75, 3.05) is 0 Å². The molecule has 2 aromatic rings. The number of oxime groups is 1. The van der Waals surface area contributed by atoms with Crippen molar-refractivity contribution in [2.45, 2.75) is 0 Å². The number of hydrogen-bond acceptors (Lipinski definition) is 5. The molecule has 2 rings (SSSR count). The molecule has 18 heavy (non-hydrogen) atoms. The Bertz CT molecular complexity index is 623. The van der Waals surface area contributed by atoms with Gasteiger partial charge in [-0.15, -0.1) is 0 Å². The third kappa shape index (κ3) is 2.16. The van der Waals surface area contributed by atoms with Crippen molar-refractivity contribution in [3.63, 3.8) is 0 Å². The van der Waals surface area contributed by atoms with E-state index in [4.69, 9.17) is 21.9 Å². The normalized spacial score (nSPS) is 10.9. The molecule has 0 unspecified atom stereocenters. The minimum atomic E-state index is -1.19. The van der Waals surface area contributed by atoms with Crippen molar-refractivity contribution in [1.82, 2.24) is 14.8 Å². The van der Waals surface area contributed by atoms with Gasteiger partial charge < -0.3 is 10.3 Å². The number of carboxylic acids is 1. The lowest BCUT2D eigenvalue weighted by molar-refractivity contribution is 0.0687. The van der Waals surface area contributed by atoms with Crippen LogP contribution in [0.1, 0.15) is 16.2 Å². The number of aromatic carboxylic acids is 1. The lowest BCUT2D eigenvalue weighted by atomic mass is 10.3. The van der Waals surface area contributed by atoms with E-state index in [1.165, 1.54) is 12.3 Å². The summed E-state index contributed by atoms with van der Waals surface area (Å²) in [7, 11) is 0. The number of rotatable bonds is 3. The Labute approximate surface area is 106 Å². The lowest BCUT2D eigenvalue weighted by Crippen LogP contribution is -2.09. The van der Waals surface area contributed by atoms with Crippen molar-refractivity contribution < 1.29 is 15.1 Å². The van der Waals surface area contributed by atoms with Gasteiger partial charge in [0.1, 0.15) is 5.69 Å². The summed E-state index contributed by atoms with van der Waals surface area (Å²) >= 11 is 5.92. The Morgan fingerprint density at radius 1 is 1.56 bits per heavy atom. The third-order valence-corrected chi connectivity index (χ3v) is 2.37. The molecule has 0 bridgehead atoms. The van der Waals surface area contributed by atoms with E-state index in [0.717, 1.165) is 10.9 Å². The maximum absolute atomic E-state index is 11.1. The molecule has 0 aliphatic carbocycles. The molecule has 2 aromatic heterocycles. The molecule has 92 valence electrons. The minimum absolute atomic E-state index is 0.134. The maximum atomic E-state index is 11.1. The highest BCUT2D eigenvalue weighted by Gasteiger charge is 2.17. The van der Waals surface area contributed by atoms with Gasteiger partial charge in [-0.1, -0.05) is 16.8 Å². The summed E-state index contributed by atoms with van der Waals surface area (Å²) in [6, 6.07) is 4.43. The van der Waals surface area contributed by atoms with Gasteiger partial charge in [0.05, 0.1) is 11.2 Å². The Morgan fingerprint density at radius 3 is 2.94 bits per heavy atom. The fourth-order valence-electron chi connectivity index (χ4n) is 1.37. The second-order valence-electron chi connectivity index (χ2n) is 3.22.